The minimum Gasteiger partial charge on any atom is -0.371 e. The summed E-state index contributed by atoms with van der Waals surface area (Å²) in [6, 6.07) is 14.1. The van der Waals surface area contributed by atoms with Crippen molar-refractivity contribution in [2.75, 3.05) is 57.0 Å². The van der Waals surface area contributed by atoms with Crippen LogP contribution in [0.4, 0.5) is 17.3 Å². The molecule has 1 atom stereocenters. The van der Waals surface area contributed by atoms with Crippen LogP contribution in [0.5, 0.6) is 0 Å². The van der Waals surface area contributed by atoms with Gasteiger partial charge >= 0.3 is 0 Å². The van der Waals surface area contributed by atoms with Crippen LogP contribution in [0.3, 0.4) is 0 Å². The van der Waals surface area contributed by atoms with Crippen LogP contribution in [0, 0.1) is 16.7 Å². The van der Waals surface area contributed by atoms with E-state index in [0.717, 1.165) is 43.9 Å². The number of anilines is 3. The van der Waals surface area contributed by atoms with Crippen molar-refractivity contribution in [1.29, 1.82) is 5.26 Å². The molecular formula is C29H35ClN10O. The summed E-state index contributed by atoms with van der Waals surface area (Å²) in [7, 11) is 4.07. The van der Waals surface area contributed by atoms with Gasteiger partial charge in [0.2, 0.25) is 11.9 Å². The number of halogens is 1. The first-order chi connectivity index (χ1) is 19.7. The summed E-state index contributed by atoms with van der Waals surface area (Å²) in [5.41, 5.74) is 3.08. The van der Waals surface area contributed by atoms with E-state index in [9.17, 15) is 10.1 Å². The number of fused-ring (bicyclic) bond motifs is 1. The van der Waals surface area contributed by atoms with Gasteiger partial charge in [-0.2, -0.15) is 15.3 Å². The van der Waals surface area contributed by atoms with E-state index < -0.39 is 0 Å². The molecule has 0 bridgehead atoms. The fraction of sp³-hybridized carbons (Fsp3) is 0.414. The number of amides is 1. The number of piperazine rings is 1. The standard InChI is InChI=1S/C29H35ClN10O/c1-29(9-10-31,17-22-6-4-7-23(30)16-22)21-37(3)25-8-5-11-40-27(25)34-28(35-40)33-24-18-32-39(19-24)20-26(41)38-14-12-36(2)13-15-38/h4-8,11,16,18-19H,9,12-15,17,20-21H2,1-3H3,(H,33,35). The second-order valence-electron chi connectivity index (χ2n) is 11.1. The van der Waals surface area contributed by atoms with Gasteiger partial charge in [-0.15, -0.1) is 5.10 Å². The lowest BCUT2D eigenvalue weighted by Crippen LogP contribution is -2.48. The Morgan fingerprint density at radius 1 is 1.22 bits per heavy atom. The number of benzene rings is 1. The Morgan fingerprint density at radius 2 is 2.02 bits per heavy atom. The van der Waals surface area contributed by atoms with Gasteiger partial charge in [-0.3, -0.25) is 9.48 Å². The first kappa shape index (κ1) is 28.4. The summed E-state index contributed by atoms with van der Waals surface area (Å²) >= 11 is 6.22. The van der Waals surface area contributed by atoms with Crippen LogP contribution in [-0.4, -0.2) is 86.9 Å². The van der Waals surface area contributed by atoms with E-state index in [1.165, 1.54) is 0 Å². The molecule has 1 fully saturated rings. The van der Waals surface area contributed by atoms with Gasteiger partial charge in [0, 0.05) is 69.0 Å². The van der Waals surface area contributed by atoms with Crippen LogP contribution in [0.2, 0.25) is 5.02 Å². The molecule has 4 aromatic rings. The second-order valence-corrected chi connectivity index (χ2v) is 11.6. The number of likely N-dealkylation sites (N-methyl/N-ethyl adjacent to an activating group) is 1. The van der Waals surface area contributed by atoms with Gasteiger partial charge in [-0.05, 0) is 43.3 Å². The van der Waals surface area contributed by atoms with Gasteiger partial charge in [0.05, 0.1) is 23.6 Å². The van der Waals surface area contributed by atoms with Gasteiger partial charge in [0.1, 0.15) is 6.54 Å². The smallest absolute Gasteiger partial charge is 0.247 e. The molecule has 1 saturated heterocycles. The SMILES string of the molecule is CN1CCN(C(=O)Cn2cc(Nc3nc4c(N(C)CC(C)(CC#N)Cc5cccc(Cl)c5)cccn4n3)cn2)CC1. The van der Waals surface area contributed by atoms with Gasteiger partial charge in [0.15, 0.2) is 5.65 Å². The monoisotopic (exact) mass is 574 g/mol. The molecule has 1 aromatic carbocycles. The van der Waals surface area contributed by atoms with Crippen molar-refractivity contribution in [3.05, 3.63) is 65.6 Å². The van der Waals surface area contributed by atoms with Gasteiger partial charge < -0.3 is 20.0 Å². The van der Waals surface area contributed by atoms with Crippen LogP contribution in [0.25, 0.3) is 5.65 Å². The maximum absolute atomic E-state index is 12.7. The molecule has 1 amide bonds. The highest BCUT2D eigenvalue weighted by Crippen LogP contribution is 2.31. The van der Waals surface area contributed by atoms with Crippen LogP contribution < -0.4 is 10.2 Å². The predicted molar refractivity (Wildman–Crippen MR) is 159 cm³/mol. The molecular weight excluding hydrogens is 540 g/mol. The van der Waals surface area contributed by atoms with Crippen molar-refractivity contribution in [3.63, 3.8) is 0 Å². The van der Waals surface area contributed by atoms with Crippen molar-refractivity contribution < 1.29 is 4.79 Å². The van der Waals surface area contributed by atoms with E-state index in [-0.39, 0.29) is 17.9 Å². The average molecular weight is 575 g/mol. The quantitative estimate of drug-likeness (QED) is 0.305. The van der Waals surface area contributed by atoms with Crippen molar-refractivity contribution in [3.8, 4) is 6.07 Å². The molecule has 0 radical (unpaired) electrons. The number of nitrogens with zero attached hydrogens (tertiary/aromatic N) is 9. The molecule has 5 rings (SSSR count). The van der Waals surface area contributed by atoms with Gasteiger partial charge in [0.25, 0.3) is 0 Å². The summed E-state index contributed by atoms with van der Waals surface area (Å²) in [6.07, 6.45) is 6.42. The molecule has 0 spiro atoms. The largest absolute Gasteiger partial charge is 0.371 e. The first-order valence-corrected chi connectivity index (χ1v) is 14.0. The molecule has 1 aliphatic heterocycles. The fourth-order valence-corrected chi connectivity index (χ4v) is 5.56. The molecule has 3 aromatic heterocycles. The molecule has 0 saturated carbocycles. The zero-order valence-corrected chi connectivity index (χ0v) is 24.4. The summed E-state index contributed by atoms with van der Waals surface area (Å²) in [6.45, 7) is 6.18. The lowest BCUT2D eigenvalue weighted by Gasteiger charge is -2.33. The molecule has 1 aliphatic rings. The number of carbonyl (C=O) groups excluding carboxylic acids is 1. The molecule has 41 heavy (non-hydrogen) atoms. The highest BCUT2D eigenvalue weighted by Gasteiger charge is 2.28. The van der Waals surface area contributed by atoms with Crippen molar-refractivity contribution in [2.45, 2.75) is 26.3 Å². The summed E-state index contributed by atoms with van der Waals surface area (Å²) in [4.78, 5) is 23.7. The lowest BCUT2D eigenvalue weighted by molar-refractivity contribution is -0.133. The van der Waals surface area contributed by atoms with E-state index in [4.69, 9.17) is 16.6 Å². The molecule has 214 valence electrons. The average Bonchev–Trinajstić information content (AvgIpc) is 3.55. The topological polar surface area (TPSA) is 111 Å². The number of pyridine rings is 1. The number of nitriles is 1. The highest BCUT2D eigenvalue weighted by molar-refractivity contribution is 6.30. The molecule has 0 aliphatic carbocycles. The molecule has 12 heteroatoms. The minimum absolute atomic E-state index is 0.0602. The summed E-state index contributed by atoms with van der Waals surface area (Å²) in [5, 5.41) is 22.4. The maximum atomic E-state index is 12.7. The van der Waals surface area contributed by atoms with Gasteiger partial charge in [-0.25, -0.2) is 4.52 Å². The van der Waals surface area contributed by atoms with E-state index >= 15 is 0 Å². The summed E-state index contributed by atoms with van der Waals surface area (Å²) < 4.78 is 3.36. The maximum Gasteiger partial charge on any atom is 0.247 e. The Hall–Kier alpha value is -4.14. The normalized spacial score (nSPS) is 15.4. The highest BCUT2D eigenvalue weighted by atomic mass is 35.5. The van der Waals surface area contributed by atoms with Crippen molar-refractivity contribution in [1.82, 2.24) is 34.2 Å². The lowest BCUT2D eigenvalue weighted by atomic mass is 9.80. The zero-order chi connectivity index (χ0) is 29.0. The number of aromatic nitrogens is 5. The Balaban J connectivity index is 1.27. The number of hydrogen-bond acceptors (Lipinski definition) is 8. The Bertz CT molecular complexity index is 1550. The molecule has 1 N–H and O–H groups in total. The van der Waals surface area contributed by atoms with Crippen LogP contribution in [0.15, 0.2) is 55.0 Å². The Kier molecular flexibility index (Phi) is 8.42. The molecule has 11 nitrogen and oxygen atoms in total. The van der Waals surface area contributed by atoms with Crippen molar-refractivity contribution in [2.24, 2.45) is 5.41 Å². The second kappa shape index (κ2) is 12.2. The molecule has 4 heterocycles. The van der Waals surface area contributed by atoms with Crippen LogP contribution in [-0.2, 0) is 17.8 Å². The minimum atomic E-state index is -0.307. The fourth-order valence-electron chi connectivity index (χ4n) is 5.34. The third-order valence-electron chi connectivity index (χ3n) is 7.44. The van der Waals surface area contributed by atoms with E-state index in [2.05, 4.69) is 45.4 Å². The van der Waals surface area contributed by atoms with E-state index in [0.29, 0.717) is 35.3 Å². The number of rotatable bonds is 10. The Labute approximate surface area is 244 Å². The zero-order valence-electron chi connectivity index (χ0n) is 23.7. The number of nitrogens with one attached hydrogen (secondary N) is 1. The summed E-state index contributed by atoms with van der Waals surface area (Å²) in [5.74, 6) is 0.486. The van der Waals surface area contributed by atoms with E-state index in [1.54, 1.807) is 21.6 Å². The third kappa shape index (κ3) is 6.96. The number of carbonyl (C=O) groups is 1. The Morgan fingerprint density at radius 3 is 2.78 bits per heavy atom. The first-order valence-electron chi connectivity index (χ1n) is 13.7. The third-order valence-corrected chi connectivity index (χ3v) is 7.68. The van der Waals surface area contributed by atoms with Gasteiger partial charge in [-0.1, -0.05) is 30.7 Å². The predicted octanol–water partition coefficient (Wildman–Crippen LogP) is 3.70. The van der Waals surface area contributed by atoms with Crippen LogP contribution >= 0.6 is 11.6 Å². The van der Waals surface area contributed by atoms with Crippen LogP contribution in [0.1, 0.15) is 18.9 Å². The molecule has 1 unspecified atom stereocenters. The number of hydrogen-bond donors (Lipinski definition) is 1. The van der Waals surface area contributed by atoms with E-state index in [1.807, 2.05) is 54.5 Å². The van der Waals surface area contributed by atoms with Crippen molar-refractivity contribution >= 4 is 40.5 Å².